The maximum atomic E-state index is 12.7. The van der Waals surface area contributed by atoms with E-state index in [1.165, 1.54) is 0 Å². The van der Waals surface area contributed by atoms with Crippen LogP contribution in [0.4, 0.5) is 13.2 Å². The summed E-state index contributed by atoms with van der Waals surface area (Å²) in [6.07, 6.45) is -2.69. The van der Waals surface area contributed by atoms with Crippen molar-refractivity contribution in [3.63, 3.8) is 0 Å². The molecular weight excluding hydrogens is 263 g/mol. The lowest BCUT2D eigenvalue weighted by atomic mass is 9.95. The first kappa shape index (κ1) is 17.7. The van der Waals surface area contributed by atoms with Crippen molar-refractivity contribution in [3.05, 3.63) is 0 Å². The van der Waals surface area contributed by atoms with Gasteiger partial charge in [0.2, 0.25) is 11.4 Å². The van der Waals surface area contributed by atoms with Crippen molar-refractivity contribution < 1.29 is 27.9 Å². The molecule has 1 amide bonds. The maximum absolute atomic E-state index is 12.7. The lowest BCUT2D eigenvalue weighted by Crippen LogP contribution is -2.62. The summed E-state index contributed by atoms with van der Waals surface area (Å²) in [5.74, 6) is -3.57. The van der Waals surface area contributed by atoms with Gasteiger partial charge in [-0.3, -0.25) is 4.79 Å². The molecule has 0 aliphatic heterocycles. The molecule has 2 atom stereocenters. The van der Waals surface area contributed by atoms with E-state index in [-0.39, 0.29) is 0 Å². The first-order valence-electron chi connectivity index (χ1n) is 6.22. The second-order valence-corrected chi connectivity index (χ2v) is 4.66. The van der Waals surface area contributed by atoms with E-state index in [0.29, 0.717) is 26.2 Å². The molecule has 112 valence electrons. The molecule has 0 bridgehead atoms. The third-order valence-electron chi connectivity index (χ3n) is 3.14. The second-order valence-electron chi connectivity index (χ2n) is 4.66. The number of nitrogens with one attached hydrogen (secondary N) is 1. The molecular formula is C12H20F3NO3. The fraction of sp³-hybridized carbons (Fsp3) is 0.833. The minimum absolute atomic E-state index is 0.374. The van der Waals surface area contributed by atoms with E-state index in [2.05, 4.69) is 0 Å². The van der Waals surface area contributed by atoms with Gasteiger partial charge in [0.15, 0.2) is 0 Å². The largest absolute Gasteiger partial charge is 0.479 e. The molecule has 2 unspecified atom stereocenters. The summed E-state index contributed by atoms with van der Waals surface area (Å²) in [5.41, 5.74) is -3.25. The van der Waals surface area contributed by atoms with Crippen molar-refractivity contribution in [2.24, 2.45) is 5.92 Å². The van der Waals surface area contributed by atoms with Gasteiger partial charge in [-0.1, -0.05) is 26.7 Å². The summed E-state index contributed by atoms with van der Waals surface area (Å²) >= 11 is 0. The highest BCUT2D eigenvalue weighted by Gasteiger charge is 2.58. The topological polar surface area (TPSA) is 66.4 Å². The molecule has 4 nitrogen and oxygen atoms in total. The van der Waals surface area contributed by atoms with Crippen LogP contribution in [-0.2, 0) is 9.59 Å². The molecule has 0 aromatic heterocycles. The zero-order valence-corrected chi connectivity index (χ0v) is 11.3. The Labute approximate surface area is 110 Å². The van der Waals surface area contributed by atoms with Crippen molar-refractivity contribution in [2.75, 3.05) is 0 Å². The van der Waals surface area contributed by atoms with Crippen LogP contribution in [0.25, 0.3) is 0 Å². The number of unbranched alkanes of at least 4 members (excludes halogenated alkanes) is 1. The highest BCUT2D eigenvalue weighted by molar-refractivity contribution is 5.88. The fourth-order valence-corrected chi connectivity index (χ4v) is 1.57. The van der Waals surface area contributed by atoms with Crippen LogP contribution in [0, 0.1) is 5.92 Å². The molecule has 0 aromatic carbocycles. The molecule has 7 heteroatoms. The number of aliphatic carboxylic acids is 1. The number of carbonyl (C=O) groups is 2. The summed E-state index contributed by atoms with van der Waals surface area (Å²) in [5, 5.41) is 10.3. The lowest BCUT2D eigenvalue weighted by Gasteiger charge is -2.30. The van der Waals surface area contributed by atoms with E-state index in [0.717, 1.165) is 6.42 Å². The average Bonchev–Trinajstić information content (AvgIpc) is 2.28. The number of rotatable bonds is 7. The number of carbonyl (C=O) groups excluding carboxylic acids is 1. The van der Waals surface area contributed by atoms with Gasteiger partial charge in [-0.15, -0.1) is 0 Å². The number of carboxylic acid groups (broad SMARTS) is 1. The number of alkyl halides is 3. The number of halogens is 3. The van der Waals surface area contributed by atoms with Crippen molar-refractivity contribution in [1.82, 2.24) is 5.32 Å². The third-order valence-corrected chi connectivity index (χ3v) is 3.14. The SMILES string of the molecule is CCCCC(CC)C(=O)NC(C)(C(=O)O)C(F)(F)F. The minimum atomic E-state index is -5.04. The van der Waals surface area contributed by atoms with Crippen LogP contribution < -0.4 is 5.32 Å². The Balaban J connectivity index is 4.96. The van der Waals surface area contributed by atoms with Crippen LogP contribution >= 0.6 is 0 Å². The van der Waals surface area contributed by atoms with Crippen LogP contribution in [0.2, 0.25) is 0 Å². The van der Waals surface area contributed by atoms with Crippen molar-refractivity contribution in [2.45, 2.75) is 58.2 Å². The molecule has 0 heterocycles. The van der Waals surface area contributed by atoms with Gasteiger partial charge in [0.25, 0.3) is 0 Å². The highest BCUT2D eigenvalue weighted by Crippen LogP contribution is 2.31. The molecule has 0 radical (unpaired) electrons. The van der Waals surface area contributed by atoms with Crippen molar-refractivity contribution in [3.8, 4) is 0 Å². The van der Waals surface area contributed by atoms with Gasteiger partial charge in [-0.2, -0.15) is 13.2 Å². The summed E-state index contributed by atoms with van der Waals surface area (Å²) < 4.78 is 38.2. The van der Waals surface area contributed by atoms with E-state index >= 15 is 0 Å². The van der Waals surface area contributed by atoms with Gasteiger partial charge in [-0.25, -0.2) is 4.79 Å². The first-order chi connectivity index (χ1) is 8.60. The van der Waals surface area contributed by atoms with Crippen molar-refractivity contribution in [1.29, 1.82) is 0 Å². The number of carboxylic acids is 1. The Morgan fingerprint density at radius 2 is 1.79 bits per heavy atom. The summed E-state index contributed by atoms with van der Waals surface area (Å²) in [6.45, 7) is 4.05. The minimum Gasteiger partial charge on any atom is -0.479 e. The quantitative estimate of drug-likeness (QED) is 0.755. The maximum Gasteiger partial charge on any atom is 0.422 e. The Bertz CT molecular complexity index is 331. The molecule has 0 fully saturated rings. The molecule has 0 spiro atoms. The van der Waals surface area contributed by atoms with Crippen molar-refractivity contribution >= 4 is 11.9 Å². The molecule has 0 aliphatic carbocycles. The summed E-state index contributed by atoms with van der Waals surface area (Å²) in [7, 11) is 0. The molecule has 19 heavy (non-hydrogen) atoms. The fourth-order valence-electron chi connectivity index (χ4n) is 1.57. The summed E-state index contributed by atoms with van der Waals surface area (Å²) in [6, 6.07) is 0. The van der Waals surface area contributed by atoms with E-state index in [9.17, 15) is 22.8 Å². The number of amides is 1. The van der Waals surface area contributed by atoms with Gasteiger partial charge in [0.1, 0.15) is 0 Å². The monoisotopic (exact) mass is 283 g/mol. The van der Waals surface area contributed by atoms with Gasteiger partial charge in [0.05, 0.1) is 0 Å². The first-order valence-corrected chi connectivity index (χ1v) is 6.22. The van der Waals surface area contributed by atoms with Crippen LogP contribution in [0.15, 0.2) is 0 Å². The normalized spacial score (nSPS) is 16.5. The molecule has 0 aromatic rings. The Kier molecular flexibility index (Phi) is 6.32. The van der Waals surface area contributed by atoms with Gasteiger partial charge < -0.3 is 10.4 Å². The van der Waals surface area contributed by atoms with E-state index in [1.54, 1.807) is 12.2 Å². The second kappa shape index (κ2) is 6.77. The molecule has 0 aliphatic rings. The van der Waals surface area contributed by atoms with Gasteiger partial charge >= 0.3 is 12.1 Å². The molecule has 2 N–H and O–H groups in total. The zero-order valence-electron chi connectivity index (χ0n) is 11.3. The zero-order chi connectivity index (χ0) is 15.3. The predicted molar refractivity (Wildman–Crippen MR) is 63.5 cm³/mol. The lowest BCUT2D eigenvalue weighted by molar-refractivity contribution is -0.207. The molecule has 0 saturated carbocycles. The van der Waals surface area contributed by atoms with E-state index in [1.807, 2.05) is 6.92 Å². The summed E-state index contributed by atoms with van der Waals surface area (Å²) in [4.78, 5) is 22.6. The molecule has 0 rings (SSSR count). The Morgan fingerprint density at radius 1 is 1.26 bits per heavy atom. The average molecular weight is 283 g/mol. The Hall–Kier alpha value is -1.27. The van der Waals surface area contributed by atoms with Gasteiger partial charge in [0, 0.05) is 5.92 Å². The number of hydrogen-bond acceptors (Lipinski definition) is 2. The number of hydrogen-bond donors (Lipinski definition) is 2. The van der Waals surface area contributed by atoms with Crippen LogP contribution in [0.1, 0.15) is 46.5 Å². The van der Waals surface area contributed by atoms with Crippen LogP contribution in [0.3, 0.4) is 0 Å². The van der Waals surface area contributed by atoms with Crippen LogP contribution in [-0.4, -0.2) is 28.7 Å². The van der Waals surface area contributed by atoms with E-state index < -0.39 is 29.5 Å². The Morgan fingerprint density at radius 3 is 2.11 bits per heavy atom. The molecule has 0 saturated heterocycles. The predicted octanol–water partition coefficient (Wildman–Crippen LogP) is 2.72. The smallest absolute Gasteiger partial charge is 0.422 e. The third kappa shape index (κ3) is 4.40. The van der Waals surface area contributed by atoms with E-state index in [4.69, 9.17) is 5.11 Å². The van der Waals surface area contributed by atoms with Gasteiger partial charge in [-0.05, 0) is 19.8 Å². The highest BCUT2D eigenvalue weighted by atomic mass is 19.4. The standard InChI is InChI=1S/C12H20F3NO3/c1-4-6-7-8(5-2)9(17)16-11(3,10(18)19)12(13,14)15/h8H,4-7H2,1-3H3,(H,16,17)(H,18,19). The van der Waals surface area contributed by atoms with Crippen LogP contribution in [0.5, 0.6) is 0 Å².